The minimum atomic E-state index is -0.991. The second-order valence-corrected chi connectivity index (χ2v) is 3.98. The number of aromatic nitrogens is 1. The molecule has 3 N–H and O–H groups in total. The third-order valence-corrected chi connectivity index (χ3v) is 2.51. The van der Waals surface area contributed by atoms with E-state index in [-0.39, 0.29) is 5.56 Å². The van der Waals surface area contributed by atoms with E-state index in [1.165, 1.54) is 29.7 Å². The Balaban J connectivity index is 2.21. The summed E-state index contributed by atoms with van der Waals surface area (Å²) in [5.41, 5.74) is 5.62. The summed E-state index contributed by atoms with van der Waals surface area (Å²) < 4.78 is 5.40. The molecule has 2 rings (SSSR count). The molecule has 0 unspecified atom stereocenters. The van der Waals surface area contributed by atoms with Gasteiger partial charge in [0.1, 0.15) is 5.75 Å². The number of carboxylic acids is 1. The van der Waals surface area contributed by atoms with E-state index < -0.39 is 5.97 Å². The summed E-state index contributed by atoms with van der Waals surface area (Å²) in [4.78, 5) is 14.5. The Morgan fingerprint density at radius 2 is 2.31 bits per heavy atom. The number of carboxylic acid groups (broad SMARTS) is 1. The maximum absolute atomic E-state index is 10.7. The first kappa shape index (κ1) is 10.4. The Morgan fingerprint density at radius 3 is 2.94 bits per heavy atom. The van der Waals surface area contributed by atoms with E-state index in [0.717, 1.165) is 0 Å². The fourth-order valence-electron chi connectivity index (χ4n) is 1.13. The molecule has 0 amide bonds. The lowest BCUT2D eigenvalue weighted by Crippen LogP contribution is -1.95. The van der Waals surface area contributed by atoms with Gasteiger partial charge in [-0.3, -0.25) is 0 Å². The van der Waals surface area contributed by atoms with Crippen LogP contribution in [-0.4, -0.2) is 16.1 Å². The molecule has 0 spiro atoms. The van der Waals surface area contributed by atoms with Gasteiger partial charge in [0.05, 0.1) is 11.8 Å². The van der Waals surface area contributed by atoms with Crippen LogP contribution in [0, 0.1) is 0 Å². The summed E-state index contributed by atoms with van der Waals surface area (Å²) in [6, 6.07) is 6.22. The van der Waals surface area contributed by atoms with Gasteiger partial charge >= 0.3 is 5.97 Å². The molecule has 0 atom stereocenters. The van der Waals surface area contributed by atoms with Crippen molar-refractivity contribution < 1.29 is 14.6 Å². The fourth-order valence-corrected chi connectivity index (χ4v) is 1.68. The van der Waals surface area contributed by atoms with Crippen LogP contribution in [0.25, 0.3) is 0 Å². The average Bonchev–Trinajstić information content (AvgIpc) is 2.64. The maximum atomic E-state index is 10.7. The number of nitrogen functional groups attached to an aromatic ring is 1. The largest absolute Gasteiger partial charge is 0.478 e. The van der Waals surface area contributed by atoms with E-state index in [2.05, 4.69) is 4.98 Å². The molecule has 2 aromatic rings. The Bertz CT molecular complexity index is 524. The second-order valence-electron chi connectivity index (χ2n) is 2.95. The van der Waals surface area contributed by atoms with Gasteiger partial charge in [0.15, 0.2) is 5.13 Å². The molecular weight excluding hydrogens is 228 g/mol. The van der Waals surface area contributed by atoms with E-state index >= 15 is 0 Å². The maximum Gasteiger partial charge on any atom is 0.335 e. The molecular formula is C10H8N2O3S. The van der Waals surface area contributed by atoms with Crippen molar-refractivity contribution in [1.82, 2.24) is 4.98 Å². The average molecular weight is 236 g/mol. The number of thiazole rings is 1. The third-order valence-electron chi connectivity index (χ3n) is 1.80. The topological polar surface area (TPSA) is 85.4 Å². The van der Waals surface area contributed by atoms with Crippen molar-refractivity contribution in [1.29, 1.82) is 0 Å². The first-order chi connectivity index (χ1) is 7.65. The van der Waals surface area contributed by atoms with Gasteiger partial charge in [0.25, 0.3) is 0 Å². The number of ether oxygens (including phenoxy) is 1. The van der Waals surface area contributed by atoms with Gasteiger partial charge in [-0.05, 0) is 18.2 Å². The van der Waals surface area contributed by atoms with E-state index in [9.17, 15) is 4.79 Å². The van der Waals surface area contributed by atoms with E-state index in [4.69, 9.17) is 15.6 Å². The summed E-state index contributed by atoms with van der Waals surface area (Å²) >= 11 is 1.19. The van der Waals surface area contributed by atoms with Gasteiger partial charge in [-0.2, -0.15) is 0 Å². The van der Waals surface area contributed by atoms with Gasteiger partial charge < -0.3 is 15.6 Å². The number of nitrogens with two attached hydrogens (primary N) is 1. The summed E-state index contributed by atoms with van der Waals surface area (Å²) in [5, 5.41) is 9.73. The smallest absolute Gasteiger partial charge is 0.335 e. The van der Waals surface area contributed by atoms with Crippen LogP contribution in [0.1, 0.15) is 10.4 Å². The Morgan fingerprint density at radius 1 is 1.50 bits per heavy atom. The van der Waals surface area contributed by atoms with Gasteiger partial charge in [0, 0.05) is 0 Å². The summed E-state index contributed by atoms with van der Waals surface area (Å²) in [6.07, 6.45) is 1.49. The van der Waals surface area contributed by atoms with Crippen molar-refractivity contribution >= 4 is 22.4 Å². The third kappa shape index (κ3) is 2.29. The van der Waals surface area contributed by atoms with Crippen LogP contribution in [0.2, 0.25) is 0 Å². The number of hydrogen-bond acceptors (Lipinski definition) is 5. The van der Waals surface area contributed by atoms with Gasteiger partial charge in [-0.1, -0.05) is 17.4 Å². The molecule has 5 nitrogen and oxygen atoms in total. The van der Waals surface area contributed by atoms with Crippen molar-refractivity contribution in [3.8, 4) is 10.8 Å². The molecule has 0 saturated heterocycles. The highest BCUT2D eigenvalue weighted by atomic mass is 32.1. The number of carbonyl (C=O) groups is 1. The minimum absolute atomic E-state index is 0.176. The van der Waals surface area contributed by atoms with E-state index in [0.29, 0.717) is 15.9 Å². The van der Waals surface area contributed by atoms with Crippen molar-refractivity contribution in [2.24, 2.45) is 0 Å². The van der Waals surface area contributed by atoms with Crippen molar-refractivity contribution in [3.05, 3.63) is 36.0 Å². The molecule has 1 aromatic heterocycles. The normalized spacial score (nSPS) is 10.0. The number of aromatic carboxylic acids is 1. The fraction of sp³-hybridized carbons (Fsp3) is 0. The Labute approximate surface area is 95.1 Å². The second kappa shape index (κ2) is 4.19. The number of benzene rings is 1. The molecule has 0 radical (unpaired) electrons. The molecule has 0 aliphatic rings. The first-order valence-electron chi connectivity index (χ1n) is 4.37. The number of anilines is 1. The highest BCUT2D eigenvalue weighted by Crippen LogP contribution is 2.28. The molecule has 0 saturated carbocycles. The van der Waals surface area contributed by atoms with Crippen LogP contribution in [0.15, 0.2) is 30.5 Å². The van der Waals surface area contributed by atoms with Crippen LogP contribution in [-0.2, 0) is 0 Å². The SMILES string of the molecule is Nc1ncc(Oc2cccc(C(=O)O)c2)s1. The van der Waals surface area contributed by atoms with Gasteiger partial charge in [0.2, 0.25) is 5.06 Å². The van der Waals surface area contributed by atoms with Crippen LogP contribution in [0.4, 0.5) is 5.13 Å². The van der Waals surface area contributed by atoms with Crippen molar-refractivity contribution in [2.75, 3.05) is 5.73 Å². The van der Waals surface area contributed by atoms with Gasteiger partial charge in [-0.25, -0.2) is 9.78 Å². The highest BCUT2D eigenvalue weighted by Gasteiger charge is 2.06. The molecule has 1 heterocycles. The van der Waals surface area contributed by atoms with Crippen LogP contribution >= 0.6 is 11.3 Å². The lowest BCUT2D eigenvalue weighted by molar-refractivity contribution is 0.0696. The number of rotatable bonds is 3. The van der Waals surface area contributed by atoms with Crippen LogP contribution in [0.5, 0.6) is 10.8 Å². The minimum Gasteiger partial charge on any atom is -0.478 e. The molecule has 82 valence electrons. The Kier molecular flexibility index (Phi) is 2.74. The summed E-state index contributed by atoms with van der Waals surface area (Å²) in [6.45, 7) is 0. The standard InChI is InChI=1S/C10H8N2O3S/c11-10-12-5-8(16-10)15-7-3-1-2-6(4-7)9(13)14/h1-5H,(H2,11,12)(H,13,14). The first-order valence-corrected chi connectivity index (χ1v) is 5.19. The van der Waals surface area contributed by atoms with Crippen molar-refractivity contribution in [3.63, 3.8) is 0 Å². The quantitative estimate of drug-likeness (QED) is 0.853. The zero-order chi connectivity index (χ0) is 11.5. The molecule has 0 fully saturated rings. The molecule has 0 aliphatic heterocycles. The predicted octanol–water partition coefficient (Wildman–Crippen LogP) is 2.22. The zero-order valence-corrected chi connectivity index (χ0v) is 8.90. The predicted molar refractivity (Wildman–Crippen MR) is 60.0 cm³/mol. The lowest BCUT2D eigenvalue weighted by atomic mass is 10.2. The summed E-state index contributed by atoms with van der Waals surface area (Å²) in [7, 11) is 0. The zero-order valence-electron chi connectivity index (χ0n) is 8.08. The molecule has 1 aromatic carbocycles. The van der Waals surface area contributed by atoms with Crippen molar-refractivity contribution in [2.45, 2.75) is 0 Å². The van der Waals surface area contributed by atoms with E-state index in [1.807, 2.05) is 0 Å². The molecule has 16 heavy (non-hydrogen) atoms. The number of nitrogens with zero attached hydrogens (tertiary/aromatic N) is 1. The Hall–Kier alpha value is -2.08. The van der Waals surface area contributed by atoms with E-state index in [1.54, 1.807) is 12.1 Å². The van der Waals surface area contributed by atoms with Crippen LogP contribution < -0.4 is 10.5 Å². The van der Waals surface area contributed by atoms with Crippen LogP contribution in [0.3, 0.4) is 0 Å². The molecule has 6 heteroatoms. The summed E-state index contributed by atoms with van der Waals surface area (Å²) in [5.74, 6) is -0.544. The number of hydrogen-bond donors (Lipinski definition) is 2. The lowest BCUT2D eigenvalue weighted by Gasteiger charge is -2.02. The highest BCUT2D eigenvalue weighted by molar-refractivity contribution is 7.17. The van der Waals surface area contributed by atoms with Gasteiger partial charge in [-0.15, -0.1) is 0 Å². The monoisotopic (exact) mass is 236 g/mol. The molecule has 0 bridgehead atoms. The molecule has 0 aliphatic carbocycles.